The molecule has 2 atom stereocenters. The van der Waals surface area contributed by atoms with Crippen molar-refractivity contribution in [3.05, 3.63) is 18.6 Å². The van der Waals surface area contributed by atoms with E-state index in [-0.39, 0.29) is 18.0 Å². The molecule has 0 radical (unpaired) electrons. The lowest BCUT2D eigenvalue weighted by molar-refractivity contribution is 0.402. The van der Waals surface area contributed by atoms with E-state index in [0.29, 0.717) is 22.5 Å². The van der Waals surface area contributed by atoms with Gasteiger partial charge in [0.15, 0.2) is 5.88 Å². The van der Waals surface area contributed by atoms with E-state index in [1.54, 1.807) is 12.4 Å². The highest BCUT2D eigenvalue weighted by Crippen LogP contribution is 2.33. The first-order valence-corrected chi connectivity index (χ1v) is 8.78. The smallest absolute Gasteiger partial charge is 0.224 e. The summed E-state index contributed by atoms with van der Waals surface area (Å²) in [6.45, 7) is 2.80. The Bertz CT molecular complexity index is 884. The monoisotopic (exact) mass is 341 g/mol. The summed E-state index contributed by atoms with van der Waals surface area (Å²) in [5.41, 5.74) is 8.41. The van der Waals surface area contributed by atoms with Crippen molar-refractivity contribution in [3.8, 4) is 17.1 Å². The molecular weight excluding hydrogens is 318 g/mol. The van der Waals surface area contributed by atoms with Crippen LogP contribution in [0.15, 0.2) is 18.6 Å². The Morgan fingerprint density at radius 2 is 2.20 bits per heavy atom. The van der Waals surface area contributed by atoms with E-state index >= 15 is 0 Å². The van der Waals surface area contributed by atoms with Crippen LogP contribution in [0.25, 0.3) is 22.2 Å². The molecule has 132 valence electrons. The lowest BCUT2D eigenvalue weighted by atomic mass is 9.91. The molecule has 0 spiro atoms. The first kappa shape index (κ1) is 15.9. The first-order chi connectivity index (χ1) is 12.2. The molecule has 0 bridgehead atoms. The molecule has 8 heteroatoms. The number of rotatable bonds is 4. The van der Waals surface area contributed by atoms with Crippen LogP contribution in [0, 0.1) is 0 Å². The summed E-state index contributed by atoms with van der Waals surface area (Å²) >= 11 is 0. The number of nitrogens with two attached hydrogens (primary N) is 1. The summed E-state index contributed by atoms with van der Waals surface area (Å²) in [6.07, 6.45) is 9.73. The van der Waals surface area contributed by atoms with Crippen molar-refractivity contribution in [1.82, 2.24) is 24.7 Å². The third kappa shape index (κ3) is 2.93. The molecule has 1 aliphatic carbocycles. The van der Waals surface area contributed by atoms with Crippen molar-refractivity contribution in [3.63, 3.8) is 0 Å². The molecule has 5 N–H and O–H groups in total. The fourth-order valence-electron chi connectivity index (χ4n) is 3.46. The number of nitrogens with zero attached hydrogens (tertiary/aromatic N) is 4. The Hall–Kier alpha value is -2.61. The Kier molecular flexibility index (Phi) is 4.04. The van der Waals surface area contributed by atoms with Crippen molar-refractivity contribution >= 4 is 16.9 Å². The van der Waals surface area contributed by atoms with Crippen molar-refractivity contribution in [2.24, 2.45) is 5.73 Å². The van der Waals surface area contributed by atoms with Gasteiger partial charge in [0, 0.05) is 36.6 Å². The van der Waals surface area contributed by atoms with Crippen molar-refractivity contribution in [2.45, 2.75) is 51.2 Å². The molecule has 0 aromatic carbocycles. The normalized spacial score (nSPS) is 20.9. The van der Waals surface area contributed by atoms with Crippen LogP contribution < -0.4 is 11.1 Å². The minimum Gasteiger partial charge on any atom is -0.494 e. The molecule has 4 rings (SSSR count). The van der Waals surface area contributed by atoms with Crippen LogP contribution in [0.5, 0.6) is 5.88 Å². The van der Waals surface area contributed by atoms with E-state index in [1.165, 1.54) is 6.42 Å². The highest BCUT2D eigenvalue weighted by molar-refractivity contribution is 5.97. The summed E-state index contributed by atoms with van der Waals surface area (Å²) in [7, 11) is 0. The quantitative estimate of drug-likeness (QED) is 0.578. The van der Waals surface area contributed by atoms with Crippen LogP contribution in [0.1, 0.15) is 32.6 Å². The fourth-order valence-corrected chi connectivity index (χ4v) is 3.46. The molecule has 0 unspecified atom stereocenters. The van der Waals surface area contributed by atoms with Crippen LogP contribution in [0.2, 0.25) is 0 Å². The van der Waals surface area contributed by atoms with Gasteiger partial charge in [-0.2, -0.15) is 5.10 Å². The van der Waals surface area contributed by atoms with Crippen molar-refractivity contribution < 1.29 is 5.11 Å². The van der Waals surface area contributed by atoms with Crippen LogP contribution in [-0.2, 0) is 6.54 Å². The zero-order chi connectivity index (χ0) is 17.4. The van der Waals surface area contributed by atoms with E-state index in [9.17, 15) is 5.11 Å². The maximum absolute atomic E-state index is 10.2. The van der Waals surface area contributed by atoms with E-state index in [1.807, 2.05) is 17.8 Å². The van der Waals surface area contributed by atoms with E-state index in [0.717, 1.165) is 31.4 Å². The van der Waals surface area contributed by atoms with Gasteiger partial charge in [-0.1, -0.05) is 12.8 Å². The predicted octanol–water partition coefficient (Wildman–Crippen LogP) is 2.23. The molecule has 1 aliphatic rings. The van der Waals surface area contributed by atoms with Crippen molar-refractivity contribution in [1.29, 1.82) is 0 Å². The zero-order valence-electron chi connectivity index (χ0n) is 14.2. The highest BCUT2D eigenvalue weighted by atomic mass is 16.3. The number of aryl methyl sites for hydroxylation is 1. The minimum atomic E-state index is 0.0650. The summed E-state index contributed by atoms with van der Waals surface area (Å²) in [6, 6.07) is 0.281. The number of hydrogen-bond acceptors (Lipinski definition) is 6. The number of aromatic amines is 1. The van der Waals surface area contributed by atoms with Crippen molar-refractivity contribution in [2.75, 3.05) is 5.32 Å². The van der Waals surface area contributed by atoms with Gasteiger partial charge in [0.2, 0.25) is 5.95 Å². The second-order valence-corrected chi connectivity index (χ2v) is 6.58. The molecule has 1 fully saturated rings. The number of H-pyrrole nitrogens is 1. The molecule has 3 aromatic rings. The van der Waals surface area contributed by atoms with E-state index in [4.69, 9.17) is 5.73 Å². The number of anilines is 1. The average Bonchev–Trinajstić information content (AvgIpc) is 3.24. The number of aromatic hydroxyl groups is 1. The van der Waals surface area contributed by atoms with Crippen LogP contribution in [-0.4, -0.2) is 41.9 Å². The maximum Gasteiger partial charge on any atom is 0.224 e. The maximum atomic E-state index is 10.2. The molecule has 25 heavy (non-hydrogen) atoms. The Morgan fingerprint density at radius 3 is 2.96 bits per heavy atom. The van der Waals surface area contributed by atoms with Gasteiger partial charge in [-0.15, -0.1) is 0 Å². The lowest BCUT2D eigenvalue weighted by Crippen LogP contribution is -2.42. The summed E-state index contributed by atoms with van der Waals surface area (Å²) < 4.78 is 1.83. The van der Waals surface area contributed by atoms with Gasteiger partial charge < -0.3 is 21.1 Å². The van der Waals surface area contributed by atoms with Gasteiger partial charge in [-0.25, -0.2) is 9.97 Å². The second kappa shape index (κ2) is 6.36. The topological polar surface area (TPSA) is 118 Å². The molecule has 8 nitrogen and oxygen atoms in total. The molecule has 0 aliphatic heterocycles. The van der Waals surface area contributed by atoms with Gasteiger partial charge in [-0.3, -0.25) is 4.68 Å². The molecule has 1 saturated carbocycles. The zero-order valence-corrected chi connectivity index (χ0v) is 14.2. The summed E-state index contributed by atoms with van der Waals surface area (Å²) in [5, 5.41) is 18.5. The van der Waals surface area contributed by atoms with Crippen LogP contribution in [0.3, 0.4) is 0 Å². The van der Waals surface area contributed by atoms with Crippen LogP contribution >= 0.6 is 0 Å². The van der Waals surface area contributed by atoms with Gasteiger partial charge in [0.1, 0.15) is 0 Å². The molecule has 3 heterocycles. The third-order valence-corrected chi connectivity index (χ3v) is 4.88. The van der Waals surface area contributed by atoms with Gasteiger partial charge in [-0.05, 0) is 19.8 Å². The van der Waals surface area contributed by atoms with E-state index < -0.39 is 0 Å². The predicted molar refractivity (Wildman–Crippen MR) is 96.3 cm³/mol. The standard InChI is InChI=1S/C17H23N7O/c1-2-24-9-10(7-20-24)15-14-13(8-19-16(14)25)22-17(23-15)21-12-6-4-3-5-11(12)18/h7-9,11-12,19,25H,2-6,18H2,1H3,(H,21,22)/t11-,12+/m0/s1. The Morgan fingerprint density at radius 1 is 1.36 bits per heavy atom. The van der Waals surface area contributed by atoms with Gasteiger partial charge in [0.25, 0.3) is 0 Å². The first-order valence-electron chi connectivity index (χ1n) is 8.78. The average molecular weight is 341 g/mol. The van der Waals surface area contributed by atoms with Gasteiger partial charge >= 0.3 is 0 Å². The SMILES string of the molecule is CCn1cc(-c2nc(N[C@@H]3CCCC[C@@H]3N)nc3c[nH]c(O)c23)cn1. The van der Waals surface area contributed by atoms with E-state index in [2.05, 4.69) is 25.4 Å². The van der Waals surface area contributed by atoms with Gasteiger partial charge in [0.05, 0.1) is 22.8 Å². The number of fused-ring (bicyclic) bond motifs is 1. The Labute approximate surface area is 145 Å². The minimum absolute atomic E-state index is 0.0650. The summed E-state index contributed by atoms with van der Waals surface area (Å²) in [4.78, 5) is 12.0. The molecule has 0 saturated heterocycles. The molecule has 3 aromatic heterocycles. The Balaban J connectivity index is 1.76. The summed E-state index contributed by atoms with van der Waals surface area (Å²) in [5.74, 6) is 0.600. The molecule has 0 amide bonds. The molecular formula is C17H23N7O. The second-order valence-electron chi connectivity index (χ2n) is 6.58. The largest absolute Gasteiger partial charge is 0.494 e. The fraction of sp³-hybridized carbons (Fsp3) is 0.471. The third-order valence-electron chi connectivity index (χ3n) is 4.88. The number of aromatic nitrogens is 5. The number of nitrogens with one attached hydrogen (secondary N) is 2. The van der Waals surface area contributed by atoms with Crippen LogP contribution in [0.4, 0.5) is 5.95 Å². The lowest BCUT2D eigenvalue weighted by Gasteiger charge is -2.29. The number of hydrogen-bond donors (Lipinski definition) is 4. The highest BCUT2D eigenvalue weighted by Gasteiger charge is 2.23.